The first kappa shape index (κ1) is 35.6. The monoisotopic (exact) mass is 754 g/mol. The summed E-state index contributed by atoms with van der Waals surface area (Å²) in [5.41, 5.74) is 5.56. The molecule has 278 valence electrons. The number of rotatable bonds is 8. The first-order valence-corrected chi connectivity index (χ1v) is 18.5. The van der Waals surface area contributed by atoms with Crippen LogP contribution in [0.3, 0.4) is 0 Å². The number of nitrogens with zero attached hydrogens (tertiary/aromatic N) is 7. The molecule has 2 bridgehead atoms. The molecule has 3 atom stereocenters. The quantitative estimate of drug-likeness (QED) is 0.332. The van der Waals surface area contributed by atoms with Crippen LogP contribution in [0.4, 0.5) is 10.2 Å². The molecule has 5 aliphatic rings. The van der Waals surface area contributed by atoms with Crippen molar-refractivity contribution in [2.75, 3.05) is 18.0 Å². The van der Waals surface area contributed by atoms with Crippen LogP contribution in [0.5, 0.6) is 5.75 Å². The summed E-state index contributed by atoms with van der Waals surface area (Å²) in [7, 11) is 0. The lowest BCUT2D eigenvalue weighted by Crippen LogP contribution is -2.59. The van der Waals surface area contributed by atoms with Gasteiger partial charge in [0, 0.05) is 55.8 Å². The molecule has 0 radical (unpaired) electrons. The molecule has 1 aromatic heterocycles. The van der Waals surface area contributed by atoms with Crippen LogP contribution in [-0.2, 0) is 16.1 Å². The van der Waals surface area contributed by atoms with E-state index in [1.165, 1.54) is 17.0 Å². The van der Waals surface area contributed by atoms with Gasteiger partial charge in [-0.2, -0.15) is 5.26 Å². The van der Waals surface area contributed by atoms with Crippen molar-refractivity contribution in [3.05, 3.63) is 81.3 Å². The predicted octanol–water partition coefficient (Wildman–Crippen LogP) is 3.60. The van der Waals surface area contributed by atoms with Gasteiger partial charge >= 0.3 is 0 Å². The number of piperazine rings is 1. The molecule has 54 heavy (non-hydrogen) atoms. The maximum atomic E-state index is 16.3. The summed E-state index contributed by atoms with van der Waals surface area (Å²) >= 11 is 6.15. The van der Waals surface area contributed by atoms with Gasteiger partial charge in [-0.15, -0.1) is 10.2 Å². The fourth-order valence-electron chi connectivity index (χ4n) is 8.77. The maximum absolute atomic E-state index is 16.3. The Labute approximate surface area is 314 Å². The van der Waals surface area contributed by atoms with Crippen molar-refractivity contribution in [3.8, 4) is 11.8 Å². The Balaban J connectivity index is 0.923. The lowest BCUT2D eigenvalue weighted by Gasteiger charge is -2.41. The first-order valence-electron chi connectivity index (χ1n) is 18.1. The fraction of sp³-hybridized carbons (Fsp3) is 0.421. The van der Waals surface area contributed by atoms with Gasteiger partial charge in [-0.05, 0) is 75.3 Å². The van der Waals surface area contributed by atoms with E-state index in [9.17, 15) is 24.0 Å². The van der Waals surface area contributed by atoms with E-state index in [0.717, 1.165) is 17.7 Å². The Bertz CT molecular complexity index is 2110. The number of halogens is 2. The number of fused-ring (bicyclic) bond motifs is 3. The summed E-state index contributed by atoms with van der Waals surface area (Å²) in [5, 5.41) is 17.6. The number of hydrogen-bond acceptors (Lipinski definition) is 11. The van der Waals surface area contributed by atoms with Crippen molar-refractivity contribution in [1.29, 1.82) is 5.26 Å². The number of nitriles is 1. The zero-order chi connectivity index (χ0) is 37.8. The molecule has 1 saturated carbocycles. The molecular weight excluding hydrogens is 719 g/mol. The summed E-state index contributed by atoms with van der Waals surface area (Å²) in [6.07, 6.45) is 3.54. The molecule has 0 unspecified atom stereocenters. The van der Waals surface area contributed by atoms with Crippen molar-refractivity contribution in [1.82, 2.24) is 24.9 Å². The molecule has 0 spiro atoms. The largest absolute Gasteiger partial charge is 0.490 e. The third-order valence-corrected chi connectivity index (χ3v) is 11.6. The number of likely N-dealkylation sites (tertiary alicyclic amines) is 2. The number of amides is 5. The van der Waals surface area contributed by atoms with Gasteiger partial charge in [0.25, 0.3) is 23.6 Å². The molecular formula is C38H36ClFN8O6. The standard InChI is InChI=1S/C38H36ClFN8O6/c39-28-15-26(7-1-20(28)16-41)54-25-8-5-22(6-9-25)47-32(49)14-12-30(37(47)52)48-36(51)27-10-2-21(34(40)33(27)38(48)53)17-45-18-23-3-4-24(19-45)46(23)31-13-11-29(35(42)50)43-44-31/h1-2,7,10-11,13,15,22-25,30H,3-6,8-9,12,14,17-19H2,(H2,42,50)/t22?,23-,24-,25?,30-/m1/s1. The molecule has 3 aromatic rings. The highest BCUT2D eigenvalue weighted by molar-refractivity contribution is 6.31. The number of ether oxygens (including phenoxy) is 1. The molecule has 3 saturated heterocycles. The second kappa shape index (κ2) is 14.1. The summed E-state index contributed by atoms with van der Waals surface area (Å²) in [6.45, 7) is 1.41. The van der Waals surface area contributed by atoms with E-state index in [2.05, 4.69) is 20.0 Å². The normalized spacial score (nSPS) is 25.6. The van der Waals surface area contributed by atoms with Gasteiger partial charge < -0.3 is 15.4 Å². The van der Waals surface area contributed by atoms with Gasteiger partial charge in [0.1, 0.15) is 23.7 Å². The van der Waals surface area contributed by atoms with E-state index >= 15 is 4.39 Å². The molecule has 2 aromatic carbocycles. The van der Waals surface area contributed by atoms with Crippen molar-refractivity contribution in [2.24, 2.45) is 5.73 Å². The number of imide groups is 2. The van der Waals surface area contributed by atoms with Crippen LogP contribution in [0.15, 0.2) is 42.5 Å². The van der Waals surface area contributed by atoms with Gasteiger partial charge in [-0.3, -0.25) is 38.7 Å². The summed E-state index contributed by atoms with van der Waals surface area (Å²) in [4.78, 5) is 72.4. The second-order valence-electron chi connectivity index (χ2n) is 14.5. The number of carbonyl (C=O) groups is 5. The third kappa shape index (κ3) is 6.22. The predicted molar refractivity (Wildman–Crippen MR) is 190 cm³/mol. The van der Waals surface area contributed by atoms with Gasteiger partial charge in [0.05, 0.1) is 27.8 Å². The minimum atomic E-state index is -1.23. The van der Waals surface area contributed by atoms with E-state index in [0.29, 0.717) is 55.9 Å². The van der Waals surface area contributed by atoms with Crippen LogP contribution in [-0.4, -0.2) is 97.8 Å². The Morgan fingerprint density at radius 1 is 0.907 bits per heavy atom. The van der Waals surface area contributed by atoms with Crippen LogP contribution in [0.2, 0.25) is 5.02 Å². The van der Waals surface area contributed by atoms with E-state index in [4.69, 9.17) is 27.3 Å². The van der Waals surface area contributed by atoms with E-state index in [1.54, 1.807) is 30.3 Å². The second-order valence-corrected chi connectivity index (χ2v) is 14.9. The average molecular weight is 755 g/mol. The van der Waals surface area contributed by atoms with Gasteiger partial charge in [-0.25, -0.2) is 4.39 Å². The number of benzene rings is 2. The minimum absolute atomic E-state index is 0.0330. The highest BCUT2D eigenvalue weighted by Gasteiger charge is 2.50. The topological polar surface area (TPSA) is 183 Å². The Morgan fingerprint density at radius 2 is 1.63 bits per heavy atom. The average Bonchev–Trinajstić information content (AvgIpc) is 3.57. The van der Waals surface area contributed by atoms with Gasteiger partial charge in [-0.1, -0.05) is 17.7 Å². The van der Waals surface area contributed by atoms with E-state index < -0.39 is 41.5 Å². The van der Waals surface area contributed by atoms with Gasteiger partial charge in [0.2, 0.25) is 5.91 Å². The fourth-order valence-corrected chi connectivity index (χ4v) is 8.98. The first-order chi connectivity index (χ1) is 26.0. The van der Waals surface area contributed by atoms with Crippen LogP contribution in [0, 0.1) is 17.1 Å². The van der Waals surface area contributed by atoms with Crippen LogP contribution >= 0.6 is 11.6 Å². The number of hydrogen-bond donors (Lipinski definition) is 1. The third-order valence-electron chi connectivity index (χ3n) is 11.3. The molecule has 16 heteroatoms. The number of aromatic nitrogens is 2. The zero-order valence-electron chi connectivity index (χ0n) is 29.1. The molecule has 5 amide bonds. The molecule has 4 fully saturated rings. The Hall–Kier alpha value is -5.46. The Morgan fingerprint density at radius 3 is 2.28 bits per heavy atom. The van der Waals surface area contributed by atoms with Crippen LogP contribution in [0.1, 0.15) is 93.7 Å². The lowest BCUT2D eigenvalue weighted by atomic mass is 9.89. The number of piperidine rings is 1. The number of anilines is 1. The number of primary amides is 1. The summed E-state index contributed by atoms with van der Waals surface area (Å²) < 4.78 is 22.3. The highest BCUT2D eigenvalue weighted by Crippen LogP contribution is 2.37. The van der Waals surface area contributed by atoms with Gasteiger partial charge in [0.15, 0.2) is 11.5 Å². The van der Waals surface area contributed by atoms with Crippen molar-refractivity contribution >= 4 is 47.0 Å². The number of nitrogens with two attached hydrogens (primary N) is 1. The molecule has 8 rings (SSSR count). The molecule has 5 heterocycles. The van der Waals surface area contributed by atoms with Crippen LogP contribution < -0.4 is 15.4 Å². The minimum Gasteiger partial charge on any atom is -0.490 e. The zero-order valence-corrected chi connectivity index (χ0v) is 29.9. The summed E-state index contributed by atoms with van der Waals surface area (Å²) in [5.74, 6) is -2.90. The molecule has 1 aliphatic carbocycles. The van der Waals surface area contributed by atoms with Crippen molar-refractivity contribution in [2.45, 2.75) is 88.2 Å². The number of carbonyl (C=O) groups excluding carboxylic acids is 5. The smallest absolute Gasteiger partial charge is 0.269 e. The highest BCUT2D eigenvalue weighted by atomic mass is 35.5. The van der Waals surface area contributed by atoms with Crippen molar-refractivity contribution in [3.63, 3.8) is 0 Å². The summed E-state index contributed by atoms with van der Waals surface area (Å²) in [6, 6.07) is 11.6. The lowest BCUT2D eigenvalue weighted by molar-refractivity contribution is -0.155. The molecule has 2 N–H and O–H groups in total. The van der Waals surface area contributed by atoms with E-state index in [-0.39, 0.29) is 70.9 Å². The molecule has 4 aliphatic heterocycles. The van der Waals surface area contributed by atoms with E-state index in [1.807, 2.05) is 6.07 Å². The Kier molecular flexibility index (Phi) is 9.27. The SMILES string of the molecule is N#Cc1ccc(OC2CCC(N3C(=O)CC[C@@H](N4C(=O)c5ccc(CN6C[C@H]7CC[C@H](C6)N7c6ccc(C(N)=O)nn6)c(F)c5C4=O)C3=O)CC2)cc1Cl. The van der Waals surface area contributed by atoms with Crippen LogP contribution in [0.25, 0.3) is 0 Å². The van der Waals surface area contributed by atoms with Crippen molar-refractivity contribution < 1.29 is 33.1 Å². The molecule has 14 nitrogen and oxygen atoms in total. The maximum Gasteiger partial charge on any atom is 0.269 e.